The van der Waals surface area contributed by atoms with Gasteiger partial charge in [0.1, 0.15) is 11.5 Å². The molecule has 0 aliphatic heterocycles. The second kappa shape index (κ2) is 5.27. The molecule has 0 bridgehead atoms. The molecule has 1 N–H and O–H groups in total. The molecular formula is C13H13BrN2O. The average molecular weight is 293 g/mol. The van der Waals surface area contributed by atoms with Gasteiger partial charge in [-0.25, -0.2) is 4.98 Å². The fourth-order valence-corrected chi connectivity index (χ4v) is 2.29. The number of hydrogen-bond acceptors (Lipinski definition) is 2. The van der Waals surface area contributed by atoms with Gasteiger partial charge in [0, 0.05) is 10.2 Å². The van der Waals surface area contributed by atoms with Gasteiger partial charge in [0.25, 0.3) is 0 Å². The highest BCUT2D eigenvalue weighted by atomic mass is 79.9. The van der Waals surface area contributed by atoms with Crippen molar-refractivity contribution in [2.45, 2.75) is 19.8 Å². The zero-order chi connectivity index (χ0) is 12.3. The predicted octanol–water partition coefficient (Wildman–Crippen LogP) is 3.08. The van der Waals surface area contributed by atoms with Crippen LogP contribution in [0.25, 0.3) is 0 Å². The summed E-state index contributed by atoms with van der Waals surface area (Å²) < 4.78 is 1.10. The van der Waals surface area contributed by atoms with Gasteiger partial charge in [0.2, 0.25) is 0 Å². The van der Waals surface area contributed by atoms with Crippen LogP contribution in [0.1, 0.15) is 27.6 Å². The Kier molecular flexibility index (Phi) is 3.74. The van der Waals surface area contributed by atoms with Crippen LogP contribution in [0.2, 0.25) is 0 Å². The number of carbonyl (C=O) groups is 1. The third-order valence-electron chi connectivity index (χ3n) is 2.64. The van der Waals surface area contributed by atoms with Crippen LogP contribution < -0.4 is 0 Å². The first kappa shape index (κ1) is 12.0. The fourth-order valence-electron chi connectivity index (χ4n) is 1.81. The summed E-state index contributed by atoms with van der Waals surface area (Å²) in [5.41, 5.74) is 2.67. The molecule has 1 aromatic heterocycles. The molecule has 0 saturated heterocycles. The smallest absolute Gasteiger partial charge is 0.170 e. The highest BCUT2D eigenvalue weighted by Crippen LogP contribution is 2.18. The first-order valence-electron chi connectivity index (χ1n) is 5.45. The van der Waals surface area contributed by atoms with Crippen molar-refractivity contribution in [3.8, 4) is 0 Å². The number of aryl methyl sites for hydroxylation is 3. The molecule has 0 unspecified atom stereocenters. The molecule has 0 radical (unpaired) electrons. The van der Waals surface area contributed by atoms with Gasteiger partial charge in [-0.05, 0) is 31.4 Å². The third kappa shape index (κ3) is 2.82. The molecule has 4 heteroatoms. The Hall–Kier alpha value is -1.42. The van der Waals surface area contributed by atoms with E-state index in [9.17, 15) is 4.79 Å². The van der Waals surface area contributed by atoms with Gasteiger partial charge in [-0.15, -0.1) is 0 Å². The van der Waals surface area contributed by atoms with E-state index < -0.39 is 0 Å². The molecule has 1 aromatic carbocycles. The van der Waals surface area contributed by atoms with Crippen LogP contribution >= 0.6 is 15.9 Å². The number of H-pyrrole nitrogens is 1. The van der Waals surface area contributed by atoms with Crippen molar-refractivity contribution in [1.82, 2.24) is 9.97 Å². The van der Waals surface area contributed by atoms with Crippen molar-refractivity contribution in [2.75, 3.05) is 0 Å². The van der Waals surface area contributed by atoms with E-state index in [1.807, 2.05) is 25.1 Å². The zero-order valence-electron chi connectivity index (χ0n) is 9.53. The standard InChI is InChI=1S/C13H13BrN2O/c1-9-15-12(13(8-17)16-9)7-6-10-4-2-3-5-11(10)14/h2-5,8H,6-7H2,1H3,(H,15,16). The van der Waals surface area contributed by atoms with Crippen LogP contribution in [-0.4, -0.2) is 16.3 Å². The molecule has 0 fully saturated rings. The van der Waals surface area contributed by atoms with Gasteiger partial charge in [-0.2, -0.15) is 0 Å². The predicted molar refractivity (Wildman–Crippen MR) is 70.3 cm³/mol. The molecule has 0 spiro atoms. The van der Waals surface area contributed by atoms with E-state index in [0.29, 0.717) is 5.69 Å². The highest BCUT2D eigenvalue weighted by molar-refractivity contribution is 9.10. The lowest BCUT2D eigenvalue weighted by atomic mass is 10.1. The molecule has 3 nitrogen and oxygen atoms in total. The quantitative estimate of drug-likeness (QED) is 0.880. The van der Waals surface area contributed by atoms with E-state index in [0.717, 1.165) is 35.1 Å². The van der Waals surface area contributed by atoms with Crippen LogP contribution in [0.4, 0.5) is 0 Å². The van der Waals surface area contributed by atoms with E-state index in [1.54, 1.807) is 0 Å². The lowest BCUT2D eigenvalue weighted by Crippen LogP contribution is -1.96. The maximum atomic E-state index is 10.8. The van der Waals surface area contributed by atoms with Crippen molar-refractivity contribution < 1.29 is 4.79 Å². The van der Waals surface area contributed by atoms with Crippen molar-refractivity contribution in [3.05, 3.63) is 51.5 Å². The van der Waals surface area contributed by atoms with E-state index in [-0.39, 0.29) is 0 Å². The van der Waals surface area contributed by atoms with Crippen molar-refractivity contribution in [1.29, 1.82) is 0 Å². The lowest BCUT2D eigenvalue weighted by molar-refractivity contribution is 0.111. The minimum Gasteiger partial charge on any atom is -0.345 e. The second-order valence-electron chi connectivity index (χ2n) is 3.90. The maximum absolute atomic E-state index is 10.8. The highest BCUT2D eigenvalue weighted by Gasteiger charge is 2.08. The van der Waals surface area contributed by atoms with Crippen LogP contribution in [0, 0.1) is 6.92 Å². The molecular weight excluding hydrogens is 280 g/mol. The van der Waals surface area contributed by atoms with Gasteiger partial charge in [-0.3, -0.25) is 4.79 Å². The Morgan fingerprint density at radius 2 is 2.12 bits per heavy atom. The van der Waals surface area contributed by atoms with E-state index in [1.165, 1.54) is 5.56 Å². The Labute approximate surface area is 108 Å². The van der Waals surface area contributed by atoms with Crippen LogP contribution in [0.5, 0.6) is 0 Å². The third-order valence-corrected chi connectivity index (χ3v) is 3.42. The fraction of sp³-hybridized carbons (Fsp3) is 0.231. The summed E-state index contributed by atoms with van der Waals surface area (Å²) in [6, 6.07) is 8.10. The van der Waals surface area contributed by atoms with Crippen molar-refractivity contribution in [2.24, 2.45) is 0 Å². The summed E-state index contributed by atoms with van der Waals surface area (Å²) in [7, 11) is 0. The Balaban J connectivity index is 2.12. The van der Waals surface area contributed by atoms with Gasteiger partial charge in [0.05, 0.1) is 0 Å². The average Bonchev–Trinajstić information content (AvgIpc) is 2.69. The summed E-state index contributed by atoms with van der Waals surface area (Å²) in [6.45, 7) is 1.86. The molecule has 2 rings (SSSR count). The minimum atomic E-state index is 0.523. The largest absolute Gasteiger partial charge is 0.345 e. The van der Waals surface area contributed by atoms with E-state index >= 15 is 0 Å². The number of aromatic amines is 1. The zero-order valence-corrected chi connectivity index (χ0v) is 11.1. The topological polar surface area (TPSA) is 45.8 Å². The summed E-state index contributed by atoms with van der Waals surface area (Å²) in [4.78, 5) is 18.1. The number of rotatable bonds is 4. The molecule has 0 aliphatic carbocycles. The summed E-state index contributed by atoms with van der Waals surface area (Å²) in [6.07, 6.45) is 2.47. The summed E-state index contributed by atoms with van der Waals surface area (Å²) in [5.74, 6) is 0.786. The van der Waals surface area contributed by atoms with Crippen LogP contribution in [-0.2, 0) is 12.8 Å². The molecule has 17 heavy (non-hydrogen) atoms. The van der Waals surface area contributed by atoms with E-state index in [4.69, 9.17) is 0 Å². The second-order valence-corrected chi connectivity index (χ2v) is 4.75. The van der Waals surface area contributed by atoms with Gasteiger partial charge < -0.3 is 4.98 Å². The lowest BCUT2D eigenvalue weighted by Gasteiger charge is -2.03. The minimum absolute atomic E-state index is 0.523. The molecule has 0 saturated carbocycles. The number of imidazole rings is 1. The number of benzene rings is 1. The SMILES string of the molecule is Cc1nc(C=O)c(CCc2ccccc2Br)[nH]1. The van der Waals surface area contributed by atoms with Crippen LogP contribution in [0.15, 0.2) is 28.7 Å². The van der Waals surface area contributed by atoms with Gasteiger partial charge in [0.15, 0.2) is 6.29 Å². The number of halogens is 1. The molecule has 0 atom stereocenters. The number of carbonyl (C=O) groups excluding carboxylic acids is 1. The molecule has 0 aliphatic rings. The van der Waals surface area contributed by atoms with Gasteiger partial charge >= 0.3 is 0 Å². The van der Waals surface area contributed by atoms with Crippen molar-refractivity contribution >= 4 is 22.2 Å². The summed E-state index contributed by atoms with van der Waals surface area (Å²) >= 11 is 3.52. The van der Waals surface area contributed by atoms with E-state index in [2.05, 4.69) is 32.0 Å². The number of nitrogens with one attached hydrogen (secondary N) is 1. The van der Waals surface area contributed by atoms with Crippen LogP contribution in [0.3, 0.4) is 0 Å². The maximum Gasteiger partial charge on any atom is 0.170 e. The molecule has 88 valence electrons. The Morgan fingerprint density at radius 3 is 2.82 bits per heavy atom. The van der Waals surface area contributed by atoms with Crippen molar-refractivity contribution in [3.63, 3.8) is 0 Å². The number of aldehydes is 1. The summed E-state index contributed by atoms with van der Waals surface area (Å²) in [5, 5.41) is 0. The monoisotopic (exact) mass is 292 g/mol. The van der Waals surface area contributed by atoms with Gasteiger partial charge in [-0.1, -0.05) is 34.1 Å². The Bertz CT molecular complexity index is 534. The molecule has 1 heterocycles. The molecule has 0 amide bonds. The molecule has 2 aromatic rings. The number of hydrogen-bond donors (Lipinski definition) is 1. The first-order chi connectivity index (χ1) is 8.20. The number of aromatic nitrogens is 2. The Morgan fingerprint density at radius 1 is 1.35 bits per heavy atom. The normalized spacial score (nSPS) is 10.5. The first-order valence-corrected chi connectivity index (χ1v) is 6.24. The number of nitrogens with zero attached hydrogens (tertiary/aromatic N) is 1.